The van der Waals surface area contributed by atoms with Crippen molar-refractivity contribution in [2.24, 2.45) is 0 Å². The van der Waals surface area contributed by atoms with Gasteiger partial charge in [-0.3, -0.25) is 0 Å². The van der Waals surface area contributed by atoms with Gasteiger partial charge in [0.05, 0.1) is 0 Å². The second kappa shape index (κ2) is 19.0. The van der Waals surface area contributed by atoms with Crippen LogP contribution in [-0.4, -0.2) is 0 Å². The monoisotopic (exact) mass is 227 g/mol. The van der Waals surface area contributed by atoms with Gasteiger partial charge in [0.1, 0.15) is 0 Å². The predicted molar refractivity (Wildman–Crippen MR) is 0 cm³/mol. The molecule has 4 heavy (non-hydrogen) atoms. The van der Waals surface area contributed by atoms with E-state index in [4.69, 9.17) is 0 Å². The van der Waals surface area contributed by atoms with Crippen molar-refractivity contribution in [1.29, 1.82) is 0 Å². The molecule has 0 aliphatic heterocycles. The first-order valence-electron chi connectivity index (χ1n) is 0. The molecule has 0 fully saturated rings. The van der Waals surface area contributed by atoms with Crippen molar-refractivity contribution in [2.45, 2.75) is 0 Å². The molecule has 1 radical (unpaired) electrons. The van der Waals surface area contributed by atoms with Gasteiger partial charge in [0.2, 0.25) is 0 Å². The molecule has 0 amide bonds. The first-order chi connectivity index (χ1) is 0. The summed E-state index contributed by atoms with van der Waals surface area (Å²) in [5.74, 6) is 0. The minimum atomic E-state index is 0. The molecule has 0 heterocycles. The van der Waals surface area contributed by atoms with Gasteiger partial charge in [0.25, 0.3) is 0 Å². The van der Waals surface area contributed by atoms with Gasteiger partial charge in [-0.2, -0.15) is 0 Å². The fourth-order valence-corrected chi connectivity index (χ4v) is 0. The molecule has 0 aromatic carbocycles. The Bertz CT molecular complexity index is 8.00. The van der Waals surface area contributed by atoms with Crippen LogP contribution in [0.2, 0.25) is 0 Å². The van der Waals surface area contributed by atoms with Crippen LogP contribution in [0.3, 0.4) is 0 Å². The molecule has 0 nitrogen and oxygen atoms in total. The average molecular weight is 228 g/mol. The zero-order chi connectivity index (χ0) is 0. The third-order valence-electron chi connectivity index (χ3n) is 0. The topological polar surface area (TPSA) is 0 Å². The van der Waals surface area contributed by atoms with Crippen LogP contribution >= 0.6 is 0 Å². The Hall–Kier alpha value is 2.19. The van der Waals surface area contributed by atoms with Crippen LogP contribution in [0.1, 0.15) is 0 Å². The second-order valence-electron chi connectivity index (χ2n) is 0. The van der Waals surface area contributed by atoms with Crippen molar-refractivity contribution in [3.05, 3.63) is 0 Å². The Morgan fingerprint density at radius 2 is 1.00 bits per heavy atom. The standard InChI is InChI=1S/Cr.Fe.Mn.Zn. The van der Waals surface area contributed by atoms with Crippen molar-refractivity contribution in [2.75, 3.05) is 0 Å². The van der Waals surface area contributed by atoms with Gasteiger partial charge in [0, 0.05) is 71.0 Å². The van der Waals surface area contributed by atoms with Crippen molar-refractivity contribution in [3.63, 3.8) is 0 Å². The molecule has 0 atom stereocenters. The van der Waals surface area contributed by atoms with E-state index in [2.05, 4.69) is 0 Å². The second-order valence-corrected chi connectivity index (χ2v) is 0. The van der Waals surface area contributed by atoms with E-state index in [1.807, 2.05) is 0 Å². The molecule has 0 rings (SSSR count). The average Bonchev–Trinajstić information content (AvgIpc) is 0. The number of hydrogen-bond acceptors (Lipinski definition) is 0. The summed E-state index contributed by atoms with van der Waals surface area (Å²) < 4.78 is 0. The molecule has 0 aromatic rings. The van der Waals surface area contributed by atoms with Gasteiger partial charge < -0.3 is 0 Å². The minimum Gasteiger partial charge on any atom is 0 e. The van der Waals surface area contributed by atoms with Crippen LogP contribution in [-0.2, 0) is 71.0 Å². The zero-order valence-electron chi connectivity index (χ0n) is 1.85. The summed E-state index contributed by atoms with van der Waals surface area (Å²) in [6.45, 7) is 0. The largest absolute Gasteiger partial charge is 0 e. The number of rotatable bonds is 0. The Labute approximate surface area is 70.3 Å². The Balaban J connectivity index is 0. The normalized spacial score (nSPS) is 0. The maximum atomic E-state index is 0. The fraction of sp³-hybridized carbons (Fsp3) is 0. The molecule has 0 N–H and O–H groups in total. The van der Waals surface area contributed by atoms with Crippen molar-refractivity contribution >= 4 is 0 Å². The summed E-state index contributed by atoms with van der Waals surface area (Å²) in [5, 5.41) is 0. The summed E-state index contributed by atoms with van der Waals surface area (Å²) in [6.07, 6.45) is 0. The van der Waals surface area contributed by atoms with E-state index in [9.17, 15) is 0 Å². The molecule has 0 saturated carbocycles. The van der Waals surface area contributed by atoms with Crippen LogP contribution in [0.25, 0.3) is 0 Å². The third kappa shape index (κ3) is 8.89. The van der Waals surface area contributed by atoms with Crippen LogP contribution in [0.5, 0.6) is 0 Å². The van der Waals surface area contributed by atoms with Crippen LogP contribution in [0.4, 0.5) is 0 Å². The first-order valence-corrected chi connectivity index (χ1v) is 0. The summed E-state index contributed by atoms with van der Waals surface area (Å²) in [6, 6.07) is 0. The van der Waals surface area contributed by atoms with E-state index in [1.54, 1.807) is 0 Å². The van der Waals surface area contributed by atoms with Crippen LogP contribution in [0, 0.1) is 0 Å². The summed E-state index contributed by atoms with van der Waals surface area (Å²) in [4.78, 5) is 0. The molecule has 0 aliphatic carbocycles. The quantitative estimate of drug-likeness (QED) is 0.512. The fourth-order valence-electron chi connectivity index (χ4n) is 0. The molecule has 0 bridgehead atoms. The van der Waals surface area contributed by atoms with Crippen molar-refractivity contribution in [1.82, 2.24) is 0 Å². The van der Waals surface area contributed by atoms with Gasteiger partial charge in [-0.1, -0.05) is 0 Å². The van der Waals surface area contributed by atoms with Crippen LogP contribution < -0.4 is 0 Å². The van der Waals surface area contributed by atoms with Gasteiger partial charge in [-0.15, -0.1) is 0 Å². The molecule has 0 saturated heterocycles. The van der Waals surface area contributed by atoms with Crippen LogP contribution in [0.15, 0.2) is 0 Å². The molecule has 0 aromatic heterocycles. The molecular formula is CrFeMnZn. The SMILES string of the molecule is [Cr].[Fe].[Mn].[Zn]. The molecule has 23 valence electrons. The van der Waals surface area contributed by atoms with Gasteiger partial charge in [-0.05, 0) is 0 Å². The zero-order valence-corrected chi connectivity index (χ0v) is 8.37. The predicted octanol–water partition coefficient (Wildman–Crippen LogP) is -0.0100. The van der Waals surface area contributed by atoms with E-state index in [0.717, 1.165) is 0 Å². The molecule has 0 aliphatic rings. The van der Waals surface area contributed by atoms with Crippen molar-refractivity contribution < 1.29 is 71.0 Å². The summed E-state index contributed by atoms with van der Waals surface area (Å²) in [5.41, 5.74) is 0. The van der Waals surface area contributed by atoms with E-state index >= 15 is 0 Å². The Morgan fingerprint density at radius 1 is 1.00 bits per heavy atom. The molecule has 0 unspecified atom stereocenters. The third-order valence-corrected chi connectivity index (χ3v) is 0. The van der Waals surface area contributed by atoms with Gasteiger partial charge in [-0.25, -0.2) is 0 Å². The Morgan fingerprint density at radius 3 is 1.00 bits per heavy atom. The Kier molecular flexibility index (Phi) is 165. The van der Waals surface area contributed by atoms with E-state index in [-0.39, 0.29) is 71.0 Å². The smallest absolute Gasteiger partial charge is 0 e. The molecule has 0 spiro atoms. The molecular weight excluding hydrogens is 228 g/mol. The van der Waals surface area contributed by atoms with E-state index < -0.39 is 0 Å². The first kappa shape index (κ1) is 34.7. The van der Waals surface area contributed by atoms with E-state index in [1.165, 1.54) is 0 Å². The maximum Gasteiger partial charge on any atom is 0 e. The maximum absolute atomic E-state index is 0. The summed E-state index contributed by atoms with van der Waals surface area (Å²) >= 11 is 0. The van der Waals surface area contributed by atoms with E-state index in [0.29, 0.717) is 0 Å². The summed E-state index contributed by atoms with van der Waals surface area (Å²) in [7, 11) is 0. The van der Waals surface area contributed by atoms with Gasteiger partial charge >= 0.3 is 0 Å². The van der Waals surface area contributed by atoms with Crippen molar-refractivity contribution in [3.8, 4) is 0 Å². The van der Waals surface area contributed by atoms with Gasteiger partial charge in [0.15, 0.2) is 0 Å². The molecule has 4 heteroatoms. The minimum absolute atomic E-state index is 0. The number of hydrogen-bond donors (Lipinski definition) is 0.